The quantitative estimate of drug-likeness (QED) is 0.170. The molecule has 0 spiro atoms. The molecule has 3 heterocycles. The number of hydrogen-bond donors (Lipinski definition) is 2. The Hall–Kier alpha value is -4.95. The van der Waals surface area contributed by atoms with Gasteiger partial charge in [-0.15, -0.1) is 0 Å². The molecule has 0 saturated carbocycles. The highest BCUT2D eigenvalue weighted by Gasteiger charge is 2.47. The van der Waals surface area contributed by atoms with E-state index in [0.29, 0.717) is 23.6 Å². The van der Waals surface area contributed by atoms with E-state index >= 15 is 0 Å². The van der Waals surface area contributed by atoms with Gasteiger partial charge < -0.3 is 34.3 Å². The van der Waals surface area contributed by atoms with Crippen LogP contribution in [-0.2, 0) is 45.2 Å². The smallest absolute Gasteiger partial charge is 0.471 e. The van der Waals surface area contributed by atoms with Crippen molar-refractivity contribution in [3.8, 4) is 22.6 Å². The summed E-state index contributed by atoms with van der Waals surface area (Å²) in [5.74, 6) is -1.18. The Morgan fingerprint density at radius 2 is 1.56 bits per heavy atom. The molecule has 0 bridgehead atoms. The first-order chi connectivity index (χ1) is 27.4. The normalized spacial score (nSPS) is 22.5. The molecule has 0 radical (unpaired) electrons. The predicted octanol–water partition coefficient (Wildman–Crippen LogP) is 6.88. The Labute approximate surface area is 330 Å². The van der Waals surface area contributed by atoms with Crippen molar-refractivity contribution in [2.24, 2.45) is 5.92 Å². The van der Waals surface area contributed by atoms with Crippen molar-refractivity contribution in [2.75, 3.05) is 33.9 Å². The van der Waals surface area contributed by atoms with Gasteiger partial charge in [0.1, 0.15) is 6.04 Å². The topological polar surface area (TPSA) is 110 Å². The Balaban J connectivity index is 1.09. The zero-order valence-electron chi connectivity index (χ0n) is 32.3. The van der Waals surface area contributed by atoms with Gasteiger partial charge in [0.2, 0.25) is 5.91 Å². The van der Waals surface area contributed by atoms with Gasteiger partial charge in [-0.3, -0.25) is 14.5 Å². The lowest BCUT2D eigenvalue weighted by Gasteiger charge is -2.43. The number of aliphatic hydroxyl groups excluding tert-OH is 1. The third-order valence-electron chi connectivity index (χ3n) is 11.3. The summed E-state index contributed by atoms with van der Waals surface area (Å²) in [7, 11) is 3.29. The molecule has 3 aliphatic heterocycles. The van der Waals surface area contributed by atoms with Gasteiger partial charge in [-0.05, 0) is 82.5 Å². The number of likely N-dealkylation sites (tertiary alicyclic amines) is 1. The van der Waals surface area contributed by atoms with Crippen molar-refractivity contribution in [1.29, 1.82) is 0 Å². The second-order valence-corrected chi connectivity index (χ2v) is 15.0. The number of amides is 2. The third-order valence-corrected chi connectivity index (χ3v) is 11.3. The zero-order chi connectivity index (χ0) is 40.3. The molecule has 2 fully saturated rings. The number of methoxy groups -OCH3 is 2. The lowest BCUT2D eigenvalue weighted by Crippen LogP contribution is -2.50. The van der Waals surface area contributed by atoms with Gasteiger partial charge in [0.15, 0.2) is 17.8 Å². The molecule has 7 rings (SSSR count). The minimum Gasteiger partial charge on any atom is -0.493 e. The molecule has 0 unspecified atom stereocenters. The van der Waals surface area contributed by atoms with E-state index < -0.39 is 30.3 Å². The highest BCUT2D eigenvalue weighted by molar-refractivity contribution is 5.90. The van der Waals surface area contributed by atoms with Gasteiger partial charge in [0.05, 0.1) is 33.0 Å². The SMILES string of the molecule is COc1cc2c(cc1OC)CN(C[C@@H]1O[C@H](c3cccc(-c4cccc(CNC(=O)[C@@H]5CCCN5C(=O)C(F)(F)F)c4)c3)O[C@H](c3ccc(CO)cc3)[C@@H]1C)CC2. The van der Waals surface area contributed by atoms with Crippen LogP contribution in [0.3, 0.4) is 0 Å². The van der Waals surface area contributed by atoms with Crippen LogP contribution in [0.15, 0.2) is 84.9 Å². The summed E-state index contributed by atoms with van der Waals surface area (Å²) in [5, 5.41) is 12.4. The third kappa shape index (κ3) is 8.96. The molecule has 2 saturated heterocycles. The number of rotatable bonds is 11. The van der Waals surface area contributed by atoms with Crippen molar-refractivity contribution in [1.82, 2.24) is 15.1 Å². The summed E-state index contributed by atoms with van der Waals surface area (Å²) in [6.07, 6.45) is -4.83. The maximum atomic E-state index is 13.1. The summed E-state index contributed by atoms with van der Waals surface area (Å²) in [5.41, 5.74) is 7.59. The second kappa shape index (κ2) is 17.3. The lowest BCUT2D eigenvalue weighted by atomic mass is 9.89. The number of ether oxygens (including phenoxy) is 4. The van der Waals surface area contributed by atoms with E-state index in [9.17, 15) is 27.9 Å². The molecule has 57 heavy (non-hydrogen) atoms. The number of hydrogen-bond acceptors (Lipinski definition) is 8. The van der Waals surface area contributed by atoms with Crippen molar-refractivity contribution in [2.45, 2.75) is 76.6 Å². The molecular weight excluding hydrogens is 739 g/mol. The van der Waals surface area contributed by atoms with Crippen LogP contribution in [0.4, 0.5) is 13.2 Å². The van der Waals surface area contributed by atoms with E-state index in [1.54, 1.807) is 14.2 Å². The molecule has 0 aromatic heterocycles. The van der Waals surface area contributed by atoms with Gasteiger partial charge in [-0.2, -0.15) is 13.2 Å². The monoisotopic (exact) mass is 787 g/mol. The molecule has 10 nitrogen and oxygen atoms in total. The Bertz CT molecular complexity index is 2060. The molecular formula is C44H48F3N3O7. The van der Waals surface area contributed by atoms with Gasteiger partial charge in [0.25, 0.3) is 0 Å². The first-order valence-corrected chi connectivity index (χ1v) is 19.3. The highest BCUT2D eigenvalue weighted by atomic mass is 19.4. The Morgan fingerprint density at radius 1 is 0.860 bits per heavy atom. The van der Waals surface area contributed by atoms with Crippen LogP contribution < -0.4 is 14.8 Å². The molecule has 2 amide bonds. The molecule has 302 valence electrons. The number of carbonyl (C=O) groups is 2. The van der Waals surface area contributed by atoms with E-state index in [-0.39, 0.29) is 44.2 Å². The van der Waals surface area contributed by atoms with Gasteiger partial charge in [-0.25, -0.2) is 0 Å². The van der Waals surface area contributed by atoms with Crippen LogP contribution in [0.2, 0.25) is 0 Å². The van der Waals surface area contributed by atoms with Crippen LogP contribution >= 0.6 is 0 Å². The summed E-state index contributed by atoms with van der Waals surface area (Å²) >= 11 is 0. The Morgan fingerprint density at radius 3 is 2.26 bits per heavy atom. The Kier molecular flexibility index (Phi) is 12.2. The zero-order valence-corrected chi connectivity index (χ0v) is 32.3. The van der Waals surface area contributed by atoms with E-state index in [4.69, 9.17) is 18.9 Å². The number of fused-ring (bicyclic) bond motifs is 1. The van der Waals surface area contributed by atoms with Crippen LogP contribution in [-0.4, -0.2) is 78.9 Å². The first-order valence-electron chi connectivity index (χ1n) is 19.3. The predicted molar refractivity (Wildman–Crippen MR) is 206 cm³/mol. The number of nitrogens with zero attached hydrogens (tertiary/aromatic N) is 2. The van der Waals surface area contributed by atoms with Crippen LogP contribution in [0, 0.1) is 5.92 Å². The van der Waals surface area contributed by atoms with Crippen molar-refractivity contribution in [3.63, 3.8) is 0 Å². The molecule has 13 heteroatoms. The van der Waals surface area contributed by atoms with Crippen molar-refractivity contribution < 1.29 is 46.8 Å². The number of halogens is 3. The lowest BCUT2D eigenvalue weighted by molar-refractivity contribution is -0.276. The summed E-state index contributed by atoms with van der Waals surface area (Å²) in [6.45, 7) is 4.35. The van der Waals surface area contributed by atoms with E-state index in [2.05, 4.69) is 29.3 Å². The number of alkyl halides is 3. The second-order valence-electron chi connectivity index (χ2n) is 15.0. The number of aliphatic hydroxyl groups is 1. The molecule has 4 aromatic rings. The summed E-state index contributed by atoms with van der Waals surface area (Å²) in [6, 6.07) is 26.3. The first kappa shape index (κ1) is 40.3. The number of carbonyl (C=O) groups excluding carboxylic acids is 2. The van der Waals surface area contributed by atoms with E-state index in [0.717, 1.165) is 58.6 Å². The fraction of sp³-hybridized carbons (Fsp3) is 0.409. The number of benzene rings is 4. The minimum absolute atomic E-state index is 0.00834. The van der Waals surface area contributed by atoms with Gasteiger partial charge in [-0.1, -0.05) is 67.6 Å². The summed E-state index contributed by atoms with van der Waals surface area (Å²) in [4.78, 5) is 27.9. The van der Waals surface area contributed by atoms with Crippen LogP contribution in [0.5, 0.6) is 11.5 Å². The highest BCUT2D eigenvalue weighted by Crippen LogP contribution is 2.43. The molecule has 5 atom stereocenters. The molecule has 0 aliphatic carbocycles. The molecule has 2 N–H and O–H groups in total. The standard InChI is InChI=1S/C44H48F3N3O7/c1-27-39(25-49-18-16-33-21-37(54-2)38(55-3)22-35(33)24-49)56-42(57-40(27)30-14-12-28(26-51)13-15-30)34-10-5-9-32(20-34)31-8-4-7-29(19-31)23-48-41(52)36-11-6-17-50(36)43(53)44(45,46)47/h4-5,7-10,12-15,19-22,27,36,39-40,42,51H,6,11,16-18,23-26H2,1-3H3,(H,48,52)/t27-,36+,39+,40+,42+/m1/s1. The fourth-order valence-electron chi connectivity index (χ4n) is 8.16. The maximum absolute atomic E-state index is 13.1. The average molecular weight is 788 g/mol. The van der Waals surface area contributed by atoms with Crippen LogP contribution in [0.1, 0.15) is 65.5 Å². The van der Waals surface area contributed by atoms with Crippen molar-refractivity contribution in [3.05, 3.63) is 118 Å². The minimum atomic E-state index is -5.03. The van der Waals surface area contributed by atoms with Gasteiger partial charge in [0, 0.05) is 44.2 Å². The average Bonchev–Trinajstić information content (AvgIpc) is 3.73. The molecule has 4 aromatic carbocycles. The maximum Gasteiger partial charge on any atom is 0.471 e. The van der Waals surface area contributed by atoms with Crippen molar-refractivity contribution >= 4 is 11.8 Å². The number of nitrogens with one attached hydrogen (secondary N) is 1. The van der Waals surface area contributed by atoms with E-state index in [1.807, 2.05) is 72.8 Å². The van der Waals surface area contributed by atoms with Gasteiger partial charge >= 0.3 is 12.1 Å². The largest absolute Gasteiger partial charge is 0.493 e. The fourth-order valence-corrected chi connectivity index (χ4v) is 8.16. The summed E-state index contributed by atoms with van der Waals surface area (Å²) < 4.78 is 64.1. The van der Waals surface area contributed by atoms with E-state index in [1.165, 1.54) is 11.1 Å². The molecule has 3 aliphatic rings. The van der Waals surface area contributed by atoms with Crippen LogP contribution in [0.25, 0.3) is 11.1 Å².